The Bertz CT molecular complexity index is 558. The molecule has 4 bridgehead atoms. The Balaban J connectivity index is 1.51. The maximum absolute atomic E-state index is 12.7. The van der Waals surface area contributed by atoms with Crippen LogP contribution in [-0.2, 0) is 4.79 Å². The van der Waals surface area contributed by atoms with Crippen LogP contribution < -0.4 is 11.1 Å². The van der Waals surface area contributed by atoms with Crippen molar-refractivity contribution in [2.75, 3.05) is 11.1 Å². The third-order valence-corrected chi connectivity index (χ3v) is 6.14. The average Bonchev–Trinajstić information content (AvgIpc) is 2.41. The zero-order chi connectivity index (χ0) is 14.6. The minimum absolute atomic E-state index is 0.186. The zero-order valence-corrected chi connectivity index (χ0v) is 12.8. The van der Waals surface area contributed by atoms with Crippen LogP contribution in [0.3, 0.4) is 0 Å². The highest BCUT2D eigenvalue weighted by atomic mass is 35.5. The van der Waals surface area contributed by atoms with E-state index in [2.05, 4.69) is 5.32 Å². The average molecular weight is 305 g/mol. The molecule has 4 aliphatic rings. The lowest BCUT2D eigenvalue weighted by Crippen LogP contribution is -2.49. The number of nitrogen functional groups attached to an aromatic ring is 1. The summed E-state index contributed by atoms with van der Waals surface area (Å²) in [6.45, 7) is 0. The molecule has 0 heterocycles. The summed E-state index contributed by atoms with van der Waals surface area (Å²) in [6.07, 6.45) is 6.44. The van der Waals surface area contributed by atoms with Gasteiger partial charge in [0.2, 0.25) is 5.91 Å². The van der Waals surface area contributed by atoms with E-state index in [0.717, 1.165) is 17.5 Å². The predicted molar refractivity (Wildman–Crippen MR) is 85.0 cm³/mol. The van der Waals surface area contributed by atoms with E-state index in [-0.39, 0.29) is 11.8 Å². The highest BCUT2D eigenvalue weighted by Gasteiger charge is 2.50. The van der Waals surface area contributed by atoms with Crippen LogP contribution in [-0.4, -0.2) is 5.91 Å². The van der Waals surface area contributed by atoms with E-state index in [1.165, 1.54) is 32.1 Å². The summed E-state index contributed by atoms with van der Waals surface area (Å²) in [7, 11) is 0. The van der Waals surface area contributed by atoms with E-state index in [0.29, 0.717) is 22.5 Å². The number of carbonyl (C=O) groups excluding carboxylic acids is 1. The number of hydrogen-bond acceptors (Lipinski definition) is 2. The fourth-order valence-electron chi connectivity index (χ4n) is 5.20. The van der Waals surface area contributed by atoms with Crippen molar-refractivity contribution in [1.82, 2.24) is 0 Å². The molecule has 0 saturated heterocycles. The number of nitrogens with two attached hydrogens (primary N) is 1. The summed E-state index contributed by atoms with van der Waals surface area (Å²) in [5.41, 5.74) is 7.08. The molecule has 112 valence electrons. The molecule has 1 aromatic carbocycles. The summed E-state index contributed by atoms with van der Waals surface area (Å²) in [5, 5.41) is 3.59. The highest BCUT2D eigenvalue weighted by Crippen LogP contribution is 2.56. The number of nitrogens with one attached hydrogen (secondary N) is 1. The molecule has 3 nitrogen and oxygen atoms in total. The van der Waals surface area contributed by atoms with Gasteiger partial charge < -0.3 is 11.1 Å². The molecule has 0 atom stereocenters. The molecule has 4 aliphatic carbocycles. The van der Waals surface area contributed by atoms with Crippen LogP contribution >= 0.6 is 11.6 Å². The Kier molecular flexibility index (Phi) is 3.14. The number of amides is 1. The molecule has 3 N–H and O–H groups in total. The van der Waals surface area contributed by atoms with E-state index in [1.807, 2.05) is 6.07 Å². The second-order valence-electron chi connectivity index (χ2n) is 7.18. The lowest BCUT2D eigenvalue weighted by Gasteiger charge is -2.53. The van der Waals surface area contributed by atoms with Crippen molar-refractivity contribution >= 4 is 28.9 Å². The lowest BCUT2D eigenvalue weighted by atomic mass is 9.51. The molecule has 5 rings (SSSR count). The second-order valence-corrected chi connectivity index (χ2v) is 7.59. The Morgan fingerprint density at radius 3 is 2.29 bits per heavy atom. The van der Waals surface area contributed by atoms with Gasteiger partial charge in [-0.2, -0.15) is 0 Å². The molecular formula is C17H21ClN2O. The van der Waals surface area contributed by atoms with E-state index in [1.54, 1.807) is 12.1 Å². The van der Waals surface area contributed by atoms with Crippen LogP contribution in [0.2, 0.25) is 5.02 Å². The normalized spacial score (nSPS) is 36.7. The van der Waals surface area contributed by atoms with Gasteiger partial charge in [-0.25, -0.2) is 0 Å². The van der Waals surface area contributed by atoms with Gasteiger partial charge in [0.1, 0.15) is 0 Å². The number of benzene rings is 1. The minimum atomic E-state index is 0.186. The maximum Gasteiger partial charge on any atom is 0.228 e. The van der Waals surface area contributed by atoms with Crippen molar-refractivity contribution in [1.29, 1.82) is 0 Å². The Hall–Kier alpha value is -1.22. The van der Waals surface area contributed by atoms with Crippen LogP contribution in [0.1, 0.15) is 32.1 Å². The quantitative estimate of drug-likeness (QED) is 0.813. The number of rotatable bonds is 2. The number of carbonyl (C=O) groups is 1. The first-order chi connectivity index (χ1) is 10.1. The summed E-state index contributed by atoms with van der Waals surface area (Å²) >= 11 is 5.93. The molecule has 4 heteroatoms. The molecule has 4 fully saturated rings. The smallest absolute Gasteiger partial charge is 0.228 e. The summed E-state index contributed by atoms with van der Waals surface area (Å²) in [5.74, 6) is 3.38. The zero-order valence-electron chi connectivity index (χ0n) is 12.0. The molecular weight excluding hydrogens is 284 g/mol. The first-order valence-corrected chi connectivity index (χ1v) is 8.34. The maximum atomic E-state index is 12.7. The Morgan fingerprint density at radius 1 is 1.10 bits per heavy atom. The predicted octanol–water partition coefficient (Wildman–Crippen LogP) is 3.93. The van der Waals surface area contributed by atoms with E-state index in [4.69, 9.17) is 17.3 Å². The molecule has 0 aromatic heterocycles. The molecule has 0 radical (unpaired) electrons. The molecule has 1 amide bonds. The summed E-state index contributed by atoms with van der Waals surface area (Å²) < 4.78 is 0. The first-order valence-electron chi connectivity index (χ1n) is 7.96. The Labute approximate surface area is 130 Å². The molecule has 1 aromatic rings. The van der Waals surface area contributed by atoms with Gasteiger partial charge in [0.05, 0.1) is 10.7 Å². The van der Waals surface area contributed by atoms with Crippen molar-refractivity contribution in [2.24, 2.45) is 29.6 Å². The van der Waals surface area contributed by atoms with Crippen molar-refractivity contribution in [3.05, 3.63) is 23.2 Å². The van der Waals surface area contributed by atoms with Crippen molar-refractivity contribution in [3.8, 4) is 0 Å². The van der Waals surface area contributed by atoms with Crippen molar-refractivity contribution in [3.63, 3.8) is 0 Å². The Morgan fingerprint density at radius 2 is 1.71 bits per heavy atom. The van der Waals surface area contributed by atoms with Gasteiger partial charge in [-0.05, 0) is 74.0 Å². The monoisotopic (exact) mass is 304 g/mol. The van der Waals surface area contributed by atoms with Crippen molar-refractivity contribution < 1.29 is 4.79 Å². The third kappa shape index (κ3) is 2.32. The standard InChI is InChI=1S/C17H21ClN2O/c18-14-2-1-13(8-15(14)19)20-17(21)16-11-4-9-3-10(6-11)7-12(16)5-9/h1-2,8-12,16H,3-7,19H2,(H,20,21). The van der Waals surface area contributed by atoms with E-state index in [9.17, 15) is 4.79 Å². The van der Waals surface area contributed by atoms with Gasteiger partial charge in [-0.15, -0.1) is 0 Å². The lowest BCUT2D eigenvalue weighted by molar-refractivity contribution is -0.132. The van der Waals surface area contributed by atoms with Crippen LogP contribution in [0.25, 0.3) is 0 Å². The summed E-state index contributed by atoms with van der Waals surface area (Å²) in [4.78, 5) is 12.7. The van der Waals surface area contributed by atoms with Gasteiger partial charge >= 0.3 is 0 Å². The van der Waals surface area contributed by atoms with Gasteiger partial charge in [0.15, 0.2) is 0 Å². The molecule has 4 saturated carbocycles. The van der Waals surface area contributed by atoms with E-state index >= 15 is 0 Å². The van der Waals surface area contributed by atoms with Crippen LogP contribution in [0, 0.1) is 29.6 Å². The third-order valence-electron chi connectivity index (χ3n) is 5.79. The van der Waals surface area contributed by atoms with Gasteiger partial charge in [-0.3, -0.25) is 4.79 Å². The minimum Gasteiger partial charge on any atom is -0.397 e. The topological polar surface area (TPSA) is 55.1 Å². The van der Waals surface area contributed by atoms with Crippen molar-refractivity contribution in [2.45, 2.75) is 32.1 Å². The van der Waals surface area contributed by atoms with Gasteiger partial charge in [-0.1, -0.05) is 11.6 Å². The molecule has 0 unspecified atom stereocenters. The fraction of sp³-hybridized carbons (Fsp3) is 0.588. The SMILES string of the molecule is Nc1cc(NC(=O)C2C3CC4CC(C3)CC2C4)ccc1Cl. The van der Waals surface area contributed by atoms with E-state index < -0.39 is 0 Å². The van der Waals surface area contributed by atoms with Gasteiger partial charge in [0, 0.05) is 11.6 Å². The second kappa shape index (κ2) is 4.91. The molecule has 0 spiro atoms. The number of halogens is 1. The molecule has 21 heavy (non-hydrogen) atoms. The van der Waals surface area contributed by atoms with Crippen LogP contribution in [0.5, 0.6) is 0 Å². The summed E-state index contributed by atoms with van der Waals surface area (Å²) in [6, 6.07) is 5.31. The fourth-order valence-corrected chi connectivity index (χ4v) is 5.32. The van der Waals surface area contributed by atoms with Crippen LogP contribution in [0.4, 0.5) is 11.4 Å². The van der Waals surface area contributed by atoms with Gasteiger partial charge in [0.25, 0.3) is 0 Å². The molecule has 0 aliphatic heterocycles. The van der Waals surface area contributed by atoms with Crippen LogP contribution in [0.15, 0.2) is 18.2 Å². The number of hydrogen-bond donors (Lipinski definition) is 2. The highest BCUT2D eigenvalue weighted by molar-refractivity contribution is 6.33. The largest absolute Gasteiger partial charge is 0.397 e. The number of anilines is 2. The first kappa shape index (κ1) is 13.4.